The third-order valence-electron chi connectivity index (χ3n) is 5.76. The fourth-order valence-electron chi connectivity index (χ4n) is 3.61. The largest absolute Gasteiger partial charge is 0.466 e. The average Bonchev–Trinajstić information content (AvgIpc) is 2.99. The lowest BCUT2D eigenvalue weighted by Crippen LogP contribution is -2.52. The average molecular weight is 466 g/mol. The summed E-state index contributed by atoms with van der Waals surface area (Å²) < 4.78 is 21.2. The van der Waals surface area contributed by atoms with Crippen molar-refractivity contribution >= 4 is 23.9 Å². The molecule has 1 saturated heterocycles. The van der Waals surface area contributed by atoms with Crippen LogP contribution in [0.1, 0.15) is 40.5 Å². The SMILES string of the molecule is C=C1C(=O)OC2/C=C(\C)CC/C=C(/C(=O)OC)C(OC(C)=O)C(OC(=O)C(C)(O)C(C)O)C12. The van der Waals surface area contributed by atoms with Gasteiger partial charge in [0.25, 0.3) is 0 Å². The molecule has 0 amide bonds. The Morgan fingerprint density at radius 3 is 2.48 bits per heavy atom. The molecule has 2 rings (SSSR count). The summed E-state index contributed by atoms with van der Waals surface area (Å²) in [5.74, 6) is -4.69. The molecule has 2 aliphatic rings. The van der Waals surface area contributed by atoms with Crippen LogP contribution in [0.4, 0.5) is 0 Å². The summed E-state index contributed by atoms with van der Waals surface area (Å²) in [6, 6.07) is 0. The van der Waals surface area contributed by atoms with Crippen LogP contribution in [0.15, 0.2) is 35.5 Å². The first-order valence-corrected chi connectivity index (χ1v) is 10.4. The molecule has 0 aromatic carbocycles. The second kappa shape index (κ2) is 10.3. The predicted octanol–water partition coefficient (Wildman–Crippen LogP) is 0.899. The van der Waals surface area contributed by atoms with Gasteiger partial charge in [0.05, 0.1) is 24.7 Å². The van der Waals surface area contributed by atoms with E-state index in [0.29, 0.717) is 12.8 Å². The first-order valence-electron chi connectivity index (χ1n) is 10.4. The van der Waals surface area contributed by atoms with Gasteiger partial charge in [-0.1, -0.05) is 18.2 Å². The zero-order chi connectivity index (χ0) is 25.1. The first kappa shape index (κ1) is 26.3. The topological polar surface area (TPSA) is 146 Å². The van der Waals surface area contributed by atoms with Crippen LogP contribution in [-0.4, -0.2) is 71.2 Å². The highest BCUT2D eigenvalue weighted by Gasteiger charge is 2.52. The molecule has 1 heterocycles. The van der Waals surface area contributed by atoms with E-state index in [1.165, 1.54) is 13.0 Å². The van der Waals surface area contributed by atoms with E-state index in [9.17, 15) is 29.4 Å². The van der Waals surface area contributed by atoms with E-state index in [4.69, 9.17) is 18.9 Å². The van der Waals surface area contributed by atoms with E-state index >= 15 is 0 Å². The lowest BCUT2D eigenvalue weighted by atomic mass is 9.83. The second-order valence-corrected chi connectivity index (χ2v) is 8.35. The maximum Gasteiger partial charge on any atom is 0.341 e. The highest BCUT2D eigenvalue weighted by molar-refractivity contribution is 5.93. The van der Waals surface area contributed by atoms with Crippen LogP contribution < -0.4 is 0 Å². The Morgan fingerprint density at radius 1 is 1.30 bits per heavy atom. The van der Waals surface area contributed by atoms with Crippen LogP contribution in [-0.2, 0) is 38.1 Å². The number of ether oxygens (including phenoxy) is 4. The molecule has 182 valence electrons. The zero-order valence-electron chi connectivity index (χ0n) is 19.3. The minimum atomic E-state index is -2.34. The number of hydrogen-bond donors (Lipinski definition) is 2. The predicted molar refractivity (Wildman–Crippen MR) is 113 cm³/mol. The van der Waals surface area contributed by atoms with E-state index in [-0.39, 0.29) is 11.1 Å². The van der Waals surface area contributed by atoms with Gasteiger partial charge in [0.2, 0.25) is 0 Å². The van der Waals surface area contributed by atoms with Gasteiger partial charge in [-0.3, -0.25) is 4.79 Å². The number of methoxy groups -OCH3 is 1. The number of hydrogen-bond acceptors (Lipinski definition) is 10. The van der Waals surface area contributed by atoms with Crippen LogP contribution >= 0.6 is 0 Å². The fraction of sp³-hybridized carbons (Fsp3) is 0.565. The summed E-state index contributed by atoms with van der Waals surface area (Å²) in [5.41, 5.74) is -1.68. The Bertz CT molecular complexity index is 895. The van der Waals surface area contributed by atoms with E-state index in [1.54, 1.807) is 6.08 Å². The highest BCUT2D eigenvalue weighted by atomic mass is 16.6. The third kappa shape index (κ3) is 5.69. The van der Waals surface area contributed by atoms with Gasteiger partial charge < -0.3 is 29.2 Å². The van der Waals surface area contributed by atoms with Crippen LogP contribution in [0, 0.1) is 5.92 Å². The van der Waals surface area contributed by atoms with Crippen molar-refractivity contribution in [3.05, 3.63) is 35.5 Å². The molecule has 1 aliphatic heterocycles. The summed E-state index contributed by atoms with van der Waals surface area (Å²) in [4.78, 5) is 49.9. The normalized spacial score (nSPS) is 31.4. The minimum absolute atomic E-state index is 0.0690. The third-order valence-corrected chi connectivity index (χ3v) is 5.76. The molecule has 1 aliphatic carbocycles. The van der Waals surface area contributed by atoms with Crippen molar-refractivity contribution in [1.29, 1.82) is 0 Å². The molecule has 2 N–H and O–H groups in total. The summed E-state index contributed by atoms with van der Waals surface area (Å²) in [6.45, 7) is 8.89. The van der Waals surface area contributed by atoms with Gasteiger partial charge in [-0.25, -0.2) is 14.4 Å². The molecule has 6 atom stereocenters. The molecule has 0 aromatic heterocycles. The molecule has 10 heteroatoms. The highest BCUT2D eigenvalue weighted by Crippen LogP contribution is 2.38. The maximum absolute atomic E-state index is 12.9. The molecule has 1 fully saturated rings. The van der Waals surface area contributed by atoms with Gasteiger partial charge in [-0.15, -0.1) is 0 Å². The molecule has 0 radical (unpaired) electrons. The first-order chi connectivity index (χ1) is 15.3. The van der Waals surface area contributed by atoms with Gasteiger partial charge in [0, 0.05) is 12.5 Å². The molecular formula is C23H30O10. The lowest BCUT2D eigenvalue weighted by Gasteiger charge is -2.35. The number of esters is 4. The van der Waals surface area contributed by atoms with E-state index in [0.717, 1.165) is 26.5 Å². The minimum Gasteiger partial charge on any atom is -0.466 e. The lowest BCUT2D eigenvalue weighted by molar-refractivity contribution is -0.191. The van der Waals surface area contributed by atoms with Crippen molar-refractivity contribution in [2.24, 2.45) is 5.92 Å². The van der Waals surface area contributed by atoms with Crippen molar-refractivity contribution in [3.63, 3.8) is 0 Å². The number of carbonyl (C=O) groups excluding carboxylic acids is 4. The van der Waals surface area contributed by atoms with Gasteiger partial charge in [-0.05, 0) is 39.7 Å². The molecule has 6 unspecified atom stereocenters. The number of allylic oxidation sites excluding steroid dienone is 2. The Hall–Kier alpha value is -2.98. The smallest absolute Gasteiger partial charge is 0.341 e. The van der Waals surface area contributed by atoms with Crippen LogP contribution in [0.5, 0.6) is 0 Å². The number of carbonyl (C=O) groups is 4. The number of aliphatic hydroxyl groups is 2. The standard InChI is InChI=1S/C23H30O10/c1-11-8-7-9-15(21(27)30-6)18(31-14(4)25)19(33-22(28)23(5,29)13(3)24)17-12(2)20(26)32-16(17)10-11/h9-10,13,16-19,24,29H,2,7-8H2,1,3-6H3/b11-10+,15-9+. The molecule has 10 nitrogen and oxygen atoms in total. The second-order valence-electron chi connectivity index (χ2n) is 8.35. The monoisotopic (exact) mass is 466 g/mol. The molecule has 0 aromatic rings. The summed E-state index contributed by atoms with van der Waals surface area (Å²) in [5, 5.41) is 20.3. The van der Waals surface area contributed by atoms with Gasteiger partial charge in [-0.2, -0.15) is 0 Å². The summed E-state index contributed by atoms with van der Waals surface area (Å²) >= 11 is 0. The Kier molecular flexibility index (Phi) is 8.20. The summed E-state index contributed by atoms with van der Waals surface area (Å²) in [7, 11) is 1.14. The quantitative estimate of drug-likeness (QED) is 0.259. The molecule has 0 spiro atoms. The maximum atomic E-state index is 12.9. The number of fused-ring (bicyclic) bond motifs is 1. The fourth-order valence-corrected chi connectivity index (χ4v) is 3.61. The van der Waals surface area contributed by atoms with Crippen molar-refractivity contribution in [1.82, 2.24) is 0 Å². The molecular weight excluding hydrogens is 436 g/mol. The molecule has 0 bridgehead atoms. The van der Waals surface area contributed by atoms with E-state index in [1.807, 2.05) is 6.92 Å². The molecule has 0 saturated carbocycles. The summed E-state index contributed by atoms with van der Waals surface area (Å²) in [6.07, 6.45) is -1.44. The van der Waals surface area contributed by atoms with Crippen LogP contribution in [0.2, 0.25) is 0 Å². The van der Waals surface area contributed by atoms with Gasteiger partial charge >= 0.3 is 23.9 Å². The number of aliphatic hydroxyl groups excluding tert-OH is 1. The van der Waals surface area contributed by atoms with Crippen molar-refractivity contribution in [2.45, 2.75) is 70.6 Å². The van der Waals surface area contributed by atoms with Crippen LogP contribution in [0.25, 0.3) is 0 Å². The van der Waals surface area contributed by atoms with Crippen molar-refractivity contribution < 1.29 is 48.3 Å². The van der Waals surface area contributed by atoms with Gasteiger partial charge in [0.15, 0.2) is 17.8 Å². The Balaban J connectivity index is 2.72. The number of rotatable bonds is 5. The molecule has 33 heavy (non-hydrogen) atoms. The Morgan fingerprint density at radius 2 is 1.94 bits per heavy atom. The Labute approximate surface area is 191 Å². The van der Waals surface area contributed by atoms with E-state index < -0.39 is 59.8 Å². The van der Waals surface area contributed by atoms with Crippen molar-refractivity contribution in [2.75, 3.05) is 7.11 Å². The zero-order valence-corrected chi connectivity index (χ0v) is 19.3. The van der Waals surface area contributed by atoms with Gasteiger partial charge in [0.1, 0.15) is 6.10 Å². The van der Waals surface area contributed by atoms with Crippen molar-refractivity contribution in [3.8, 4) is 0 Å². The van der Waals surface area contributed by atoms with Crippen LogP contribution in [0.3, 0.4) is 0 Å². The van der Waals surface area contributed by atoms with E-state index in [2.05, 4.69) is 6.58 Å².